The van der Waals surface area contributed by atoms with E-state index in [4.69, 9.17) is 0 Å². The summed E-state index contributed by atoms with van der Waals surface area (Å²) in [7, 11) is 7.33. The first kappa shape index (κ1) is 30.2. The summed E-state index contributed by atoms with van der Waals surface area (Å²) < 4.78 is 40.7. The molecule has 0 unspecified atom stereocenters. The Kier molecular flexibility index (Phi) is 9.21. The lowest BCUT2D eigenvalue weighted by molar-refractivity contribution is -0.137. The summed E-state index contributed by atoms with van der Waals surface area (Å²) in [4.78, 5) is 34.1. The Morgan fingerprint density at radius 1 is 0.929 bits per heavy atom. The summed E-state index contributed by atoms with van der Waals surface area (Å²) in [6.07, 6.45) is -0.132. The summed E-state index contributed by atoms with van der Waals surface area (Å²) in [5.41, 5.74) is 2.53. The van der Waals surface area contributed by atoms with E-state index < -0.39 is 17.6 Å². The van der Waals surface area contributed by atoms with Gasteiger partial charge in [0.1, 0.15) is 24.3 Å². The lowest BCUT2D eigenvalue weighted by Gasteiger charge is -2.25. The lowest BCUT2D eigenvalue weighted by Crippen LogP contribution is -2.29. The molecule has 4 aromatic rings. The van der Waals surface area contributed by atoms with E-state index in [0.29, 0.717) is 47.4 Å². The van der Waals surface area contributed by atoms with Crippen LogP contribution in [0.2, 0.25) is 0 Å². The molecule has 0 radical (unpaired) electrons. The minimum atomic E-state index is -4.56. The largest absolute Gasteiger partial charge is 0.416 e. The minimum absolute atomic E-state index is 0.0633. The van der Waals surface area contributed by atoms with Crippen LogP contribution in [0.4, 0.5) is 41.9 Å². The molecule has 2 aromatic heterocycles. The predicted molar refractivity (Wildman–Crippen MR) is 158 cm³/mol. The average molecular weight is 580 g/mol. The summed E-state index contributed by atoms with van der Waals surface area (Å²) in [6.45, 7) is 3.08. The zero-order chi connectivity index (χ0) is 30.4. The highest BCUT2D eigenvalue weighted by molar-refractivity contribution is 6.06. The molecule has 0 saturated heterocycles. The van der Waals surface area contributed by atoms with Crippen LogP contribution in [0.15, 0.2) is 61.3 Å². The third-order valence-electron chi connectivity index (χ3n) is 6.53. The molecule has 0 aliphatic heterocycles. The van der Waals surface area contributed by atoms with Crippen LogP contribution >= 0.6 is 0 Å². The molecule has 2 heterocycles. The first-order valence-electron chi connectivity index (χ1n) is 13.0. The number of nitrogens with one attached hydrogen (secondary N) is 3. The van der Waals surface area contributed by atoms with Crippen LogP contribution in [0, 0.1) is 6.92 Å². The maximum atomic E-state index is 13.6. The number of carbonyl (C=O) groups excluding carboxylic acids is 1. The summed E-state index contributed by atoms with van der Waals surface area (Å²) >= 11 is 0. The average Bonchev–Trinajstić information content (AvgIpc) is 2.96. The van der Waals surface area contributed by atoms with Crippen molar-refractivity contribution in [1.29, 1.82) is 0 Å². The van der Waals surface area contributed by atoms with Gasteiger partial charge in [-0.3, -0.25) is 4.79 Å². The van der Waals surface area contributed by atoms with Crippen LogP contribution in [0.5, 0.6) is 0 Å². The molecule has 0 fully saturated rings. The third kappa shape index (κ3) is 7.29. The van der Waals surface area contributed by atoms with E-state index in [-0.39, 0.29) is 11.3 Å². The molecule has 42 heavy (non-hydrogen) atoms. The molecule has 0 aliphatic rings. The first-order chi connectivity index (χ1) is 20.0. The van der Waals surface area contributed by atoms with Crippen LogP contribution in [-0.4, -0.2) is 72.0 Å². The number of rotatable bonds is 10. The van der Waals surface area contributed by atoms with Gasteiger partial charge in [0.2, 0.25) is 0 Å². The number of aryl methyl sites for hydroxylation is 1. The molecule has 10 nitrogen and oxygen atoms in total. The number of anilines is 5. The van der Waals surface area contributed by atoms with Gasteiger partial charge in [0.25, 0.3) is 5.91 Å². The third-order valence-corrected chi connectivity index (χ3v) is 6.53. The van der Waals surface area contributed by atoms with E-state index in [0.717, 1.165) is 17.7 Å². The number of alkyl halides is 3. The first-order valence-corrected chi connectivity index (χ1v) is 13.0. The van der Waals surface area contributed by atoms with E-state index >= 15 is 0 Å². The van der Waals surface area contributed by atoms with Crippen molar-refractivity contribution in [2.75, 3.05) is 62.1 Å². The highest BCUT2D eigenvalue weighted by atomic mass is 19.4. The molecule has 3 N–H and O–H groups in total. The summed E-state index contributed by atoms with van der Waals surface area (Å²) in [6, 6.07) is 10.1. The van der Waals surface area contributed by atoms with Crippen molar-refractivity contribution in [3.05, 3.63) is 78.0 Å². The normalized spacial score (nSPS) is 11.4. The number of halogens is 3. The maximum absolute atomic E-state index is 13.6. The number of likely N-dealkylation sites (N-methyl/N-ethyl adjacent to an activating group) is 2. The van der Waals surface area contributed by atoms with Crippen molar-refractivity contribution in [2.45, 2.75) is 13.1 Å². The number of amides is 1. The topological polar surface area (TPSA) is 111 Å². The fourth-order valence-corrected chi connectivity index (χ4v) is 4.09. The monoisotopic (exact) mass is 579 g/mol. The second kappa shape index (κ2) is 12.8. The molecule has 0 aliphatic carbocycles. The molecule has 13 heteroatoms. The van der Waals surface area contributed by atoms with Gasteiger partial charge in [-0.05, 0) is 56.9 Å². The Morgan fingerprint density at radius 2 is 1.71 bits per heavy atom. The molecule has 0 atom stereocenters. The molecule has 0 spiro atoms. The van der Waals surface area contributed by atoms with Crippen molar-refractivity contribution >= 4 is 34.6 Å². The highest BCUT2D eigenvalue weighted by Gasteiger charge is 2.31. The van der Waals surface area contributed by atoms with E-state index in [1.165, 1.54) is 18.7 Å². The number of benzene rings is 2. The second-order valence-electron chi connectivity index (χ2n) is 9.89. The molecular formula is C29H32F3N9O. The van der Waals surface area contributed by atoms with E-state index in [9.17, 15) is 18.0 Å². The Balaban J connectivity index is 1.64. The number of carbonyl (C=O) groups is 1. The number of aromatic nitrogens is 4. The summed E-state index contributed by atoms with van der Waals surface area (Å²) in [5.74, 6) is 0.511. The Hall–Kier alpha value is -4.78. The van der Waals surface area contributed by atoms with Gasteiger partial charge in [-0.2, -0.15) is 13.2 Å². The number of hydrogen-bond acceptors (Lipinski definition) is 9. The van der Waals surface area contributed by atoms with Crippen LogP contribution in [0.25, 0.3) is 11.3 Å². The van der Waals surface area contributed by atoms with Gasteiger partial charge in [0.05, 0.1) is 28.2 Å². The highest BCUT2D eigenvalue weighted by Crippen LogP contribution is 2.36. The zero-order valence-corrected chi connectivity index (χ0v) is 23.9. The van der Waals surface area contributed by atoms with Crippen molar-refractivity contribution < 1.29 is 18.0 Å². The van der Waals surface area contributed by atoms with Crippen LogP contribution < -0.4 is 20.9 Å². The molecule has 0 saturated carbocycles. The minimum Gasteiger partial charge on any atom is -0.373 e. The molecular weight excluding hydrogens is 547 g/mol. The Labute approximate surface area is 242 Å². The predicted octanol–water partition coefficient (Wildman–Crippen LogP) is 5.30. The van der Waals surface area contributed by atoms with Gasteiger partial charge in [-0.25, -0.2) is 19.9 Å². The van der Waals surface area contributed by atoms with Gasteiger partial charge < -0.3 is 25.8 Å². The van der Waals surface area contributed by atoms with Crippen LogP contribution in [-0.2, 0) is 6.18 Å². The van der Waals surface area contributed by atoms with Crippen molar-refractivity contribution in [3.8, 4) is 11.3 Å². The van der Waals surface area contributed by atoms with Crippen molar-refractivity contribution in [3.63, 3.8) is 0 Å². The van der Waals surface area contributed by atoms with E-state index in [1.54, 1.807) is 49.5 Å². The van der Waals surface area contributed by atoms with Gasteiger partial charge in [-0.1, -0.05) is 6.07 Å². The second-order valence-corrected chi connectivity index (χ2v) is 9.89. The van der Waals surface area contributed by atoms with Crippen LogP contribution in [0.3, 0.4) is 0 Å². The molecule has 0 bridgehead atoms. The Morgan fingerprint density at radius 3 is 2.43 bits per heavy atom. The lowest BCUT2D eigenvalue weighted by atomic mass is 10.1. The van der Waals surface area contributed by atoms with Gasteiger partial charge in [0.15, 0.2) is 0 Å². The van der Waals surface area contributed by atoms with Crippen molar-refractivity contribution in [2.24, 2.45) is 0 Å². The zero-order valence-electron chi connectivity index (χ0n) is 23.9. The molecule has 2 aromatic carbocycles. The van der Waals surface area contributed by atoms with E-state index in [2.05, 4.69) is 35.9 Å². The fraction of sp³-hybridized carbons (Fsp3) is 0.276. The molecule has 4 rings (SSSR count). The smallest absolute Gasteiger partial charge is 0.373 e. The van der Waals surface area contributed by atoms with Gasteiger partial charge in [0, 0.05) is 50.7 Å². The summed E-state index contributed by atoms with van der Waals surface area (Å²) in [5, 5.41) is 8.91. The quantitative estimate of drug-likeness (QED) is 0.231. The van der Waals surface area contributed by atoms with Gasteiger partial charge >= 0.3 is 6.18 Å². The van der Waals surface area contributed by atoms with Crippen LogP contribution in [0.1, 0.15) is 21.5 Å². The van der Waals surface area contributed by atoms with E-state index in [1.807, 2.05) is 25.9 Å². The fourth-order valence-electron chi connectivity index (χ4n) is 4.09. The number of nitrogens with zero attached hydrogens (tertiary/aromatic N) is 6. The standard InChI is InChI=1S/C29H32F3N9O/c1-18-6-7-19(12-22(18)38-27-21(15-34-16-37-27)23-14-26(33-2)36-17-35-23)28(42)39-24-13-20(29(30,31)32)8-9-25(24)41(5)11-10-40(3)4/h6-9,12-17H,10-11H2,1-5H3,(H,39,42)(H,33,35,36)(H,34,37,38). The maximum Gasteiger partial charge on any atom is 0.416 e. The molecule has 220 valence electrons. The SMILES string of the molecule is CNc1cc(-c2cncnc2Nc2cc(C(=O)Nc3cc(C(F)(F)F)ccc3N(C)CCN(C)C)ccc2C)ncn1. The molecule has 1 amide bonds. The van der Waals surface area contributed by atoms with Crippen molar-refractivity contribution in [1.82, 2.24) is 24.8 Å². The van der Waals surface area contributed by atoms with Gasteiger partial charge in [-0.15, -0.1) is 0 Å². The number of hydrogen-bond donors (Lipinski definition) is 3. The Bertz CT molecular complexity index is 1560.